The zero-order chi connectivity index (χ0) is 11.4. The quantitative estimate of drug-likeness (QED) is 0.446. The van der Waals surface area contributed by atoms with E-state index in [1.807, 2.05) is 12.1 Å². The first-order valence-electron chi connectivity index (χ1n) is 5.38. The van der Waals surface area contributed by atoms with Crippen LogP contribution in [0.15, 0.2) is 36.4 Å². The molecule has 0 heterocycles. The molecule has 0 aromatic heterocycles. The van der Waals surface area contributed by atoms with Crippen LogP contribution in [-0.4, -0.2) is 5.97 Å². The number of para-hydroxylation sites is 1. The highest BCUT2D eigenvalue weighted by Crippen LogP contribution is 2.26. The Bertz CT molecular complexity index is 412. The summed E-state index contributed by atoms with van der Waals surface area (Å²) >= 11 is 5.92. The Morgan fingerprint density at radius 3 is 2.81 bits per heavy atom. The van der Waals surface area contributed by atoms with Crippen LogP contribution in [0.1, 0.15) is 19.3 Å². The highest BCUT2D eigenvalue weighted by Gasteiger charge is 2.21. The molecule has 0 N–H and O–H groups in total. The molecule has 84 valence electrons. The van der Waals surface area contributed by atoms with Gasteiger partial charge < -0.3 is 4.74 Å². The van der Waals surface area contributed by atoms with E-state index in [1.165, 1.54) is 0 Å². The summed E-state index contributed by atoms with van der Waals surface area (Å²) in [6.07, 6.45) is 6.70. The van der Waals surface area contributed by atoms with Crippen LogP contribution in [-0.2, 0) is 4.79 Å². The molecule has 0 radical (unpaired) electrons. The number of hydrogen-bond acceptors (Lipinski definition) is 2. The van der Waals surface area contributed by atoms with Crippen molar-refractivity contribution in [3.05, 3.63) is 41.4 Å². The summed E-state index contributed by atoms with van der Waals surface area (Å²) in [5, 5.41) is 0.474. The first-order chi connectivity index (χ1) is 7.77. The number of ether oxygens (including phenoxy) is 1. The lowest BCUT2D eigenvalue weighted by Crippen LogP contribution is -2.21. The molecular weight excluding hydrogens is 224 g/mol. The molecule has 0 bridgehead atoms. The molecule has 1 atom stereocenters. The minimum atomic E-state index is -0.183. The molecule has 2 rings (SSSR count). The standard InChI is InChI=1S/C13H13ClO2/c14-11-8-4-5-9-12(11)16-13(15)10-6-2-1-3-7-10/h1-2,4-5,8-10H,3,6-7H2. The predicted molar refractivity (Wildman–Crippen MR) is 63.6 cm³/mol. The Kier molecular flexibility index (Phi) is 3.62. The van der Waals surface area contributed by atoms with Gasteiger partial charge in [0.15, 0.2) is 0 Å². The van der Waals surface area contributed by atoms with E-state index in [0.29, 0.717) is 10.8 Å². The van der Waals surface area contributed by atoms with Gasteiger partial charge in [-0.1, -0.05) is 35.9 Å². The average molecular weight is 237 g/mol. The SMILES string of the molecule is O=C(Oc1ccccc1Cl)C1CC=CCC1. The molecule has 0 spiro atoms. The third kappa shape index (κ3) is 2.64. The van der Waals surface area contributed by atoms with Gasteiger partial charge in [0.2, 0.25) is 0 Å². The van der Waals surface area contributed by atoms with Gasteiger partial charge in [0.05, 0.1) is 10.9 Å². The Balaban J connectivity index is 2.02. The lowest BCUT2D eigenvalue weighted by Gasteiger charge is -2.16. The molecule has 1 aromatic rings. The van der Waals surface area contributed by atoms with Crippen molar-refractivity contribution in [2.75, 3.05) is 0 Å². The van der Waals surface area contributed by atoms with E-state index in [-0.39, 0.29) is 11.9 Å². The normalized spacial score (nSPS) is 19.4. The van der Waals surface area contributed by atoms with E-state index in [1.54, 1.807) is 18.2 Å². The summed E-state index contributed by atoms with van der Waals surface area (Å²) in [6.45, 7) is 0. The van der Waals surface area contributed by atoms with Crippen LogP contribution in [0.5, 0.6) is 5.75 Å². The summed E-state index contributed by atoms with van der Waals surface area (Å²) in [7, 11) is 0. The van der Waals surface area contributed by atoms with Gasteiger partial charge in [0, 0.05) is 0 Å². The summed E-state index contributed by atoms with van der Waals surface area (Å²) in [5.41, 5.74) is 0. The fraction of sp³-hybridized carbons (Fsp3) is 0.308. The van der Waals surface area contributed by atoms with E-state index in [0.717, 1.165) is 19.3 Å². The van der Waals surface area contributed by atoms with Gasteiger partial charge >= 0.3 is 5.97 Å². The Morgan fingerprint density at radius 1 is 1.31 bits per heavy atom. The molecule has 1 aromatic carbocycles. The topological polar surface area (TPSA) is 26.3 Å². The summed E-state index contributed by atoms with van der Waals surface area (Å²) < 4.78 is 5.28. The highest BCUT2D eigenvalue weighted by atomic mass is 35.5. The summed E-state index contributed by atoms with van der Waals surface area (Å²) in [6, 6.07) is 7.03. The molecule has 0 amide bonds. The second-order valence-electron chi connectivity index (χ2n) is 3.83. The number of carbonyl (C=O) groups is 1. The zero-order valence-electron chi connectivity index (χ0n) is 8.86. The van der Waals surface area contributed by atoms with Crippen LogP contribution >= 0.6 is 11.6 Å². The van der Waals surface area contributed by atoms with Crippen molar-refractivity contribution in [1.82, 2.24) is 0 Å². The van der Waals surface area contributed by atoms with E-state index in [9.17, 15) is 4.79 Å². The molecule has 16 heavy (non-hydrogen) atoms. The lowest BCUT2D eigenvalue weighted by molar-refractivity contribution is -0.139. The number of allylic oxidation sites excluding steroid dienone is 2. The monoisotopic (exact) mass is 236 g/mol. The van der Waals surface area contributed by atoms with E-state index >= 15 is 0 Å². The zero-order valence-corrected chi connectivity index (χ0v) is 9.61. The number of halogens is 1. The summed E-state index contributed by atoms with van der Waals surface area (Å²) in [5.74, 6) is 0.238. The van der Waals surface area contributed by atoms with Crippen LogP contribution in [0.4, 0.5) is 0 Å². The van der Waals surface area contributed by atoms with Gasteiger partial charge in [-0.2, -0.15) is 0 Å². The number of esters is 1. The molecule has 0 saturated carbocycles. The van der Waals surface area contributed by atoms with Crippen LogP contribution in [0.3, 0.4) is 0 Å². The largest absolute Gasteiger partial charge is 0.425 e. The summed E-state index contributed by atoms with van der Waals surface area (Å²) in [4.78, 5) is 11.8. The second kappa shape index (κ2) is 5.17. The van der Waals surface area contributed by atoms with Gasteiger partial charge in [-0.25, -0.2) is 0 Å². The van der Waals surface area contributed by atoms with Crippen molar-refractivity contribution < 1.29 is 9.53 Å². The van der Waals surface area contributed by atoms with E-state index in [2.05, 4.69) is 6.08 Å². The second-order valence-corrected chi connectivity index (χ2v) is 4.24. The van der Waals surface area contributed by atoms with Gasteiger partial charge in [-0.3, -0.25) is 4.79 Å². The van der Waals surface area contributed by atoms with Crippen LogP contribution < -0.4 is 4.74 Å². The fourth-order valence-corrected chi connectivity index (χ4v) is 1.90. The predicted octanol–water partition coefficient (Wildman–Crippen LogP) is 3.60. The average Bonchev–Trinajstić information content (AvgIpc) is 2.33. The van der Waals surface area contributed by atoms with Crippen LogP contribution in [0, 0.1) is 5.92 Å². The van der Waals surface area contributed by atoms with Crippen molar-refractivity contribution in [2.45, 2.75) is 19.3 Å². The fourth-order valence-electron chi connectivity index (χ4n) is 1.73. The van der Waals surface area contributed by atoms with Crippen LogP contribution in [0.2, 0.25) is 5.02 Å². The Labute approximate surface area is 99.9 Å². The minimum absolute atomic E-state index is 0.0266. The highest BCUT2D eigenvalue weighted by molar-refractivity contribution is 6.32. The third-order valence-corrected chi connectivity index (χ3v) is 2.96. The maximum Gasteiger partial charge on any atom is 0.314 e. The molecule has 1 unspecified atom stereocenters. The van der Waals surface area contributed by atoms with Crippen molar-refractivity contribution in [1.29, 1.82) is 0 Å². The first kappa shape index (κ1) is 11.2. The van der Waals surface area contributed by atoms with Gasteiger partial charge in [-0.15, -0.1) is 0 Å². The number of rotatable bonds is 2. The minimum Gasteiger partial charge on any atom is -0.425 e. The Morgan fingerprint density at radius 2 is 2.12 bits per heavy atom. The number of hydrogen-bond donors (Lipinski definition) is 0. The maximum atomic E-state index is 11.8. The van der Waals surface area contributed by atoms with E-state index < -0.39 is 0 Å². The molecule has 0 aliphatic heterocycles. The third-order valence-electron chi connectivity index (χ3n) is 2.65. The molecule has 0 saturated heterocycles. The van der Waals surface area contributed by atoms with Crippen molar-refractivity contribution in [3.63, 3.8) is 0 Å². The van der Waals surface area contributed by atoms with Crippen molar-refractivity contribution in [2.24, 2.45) is 5.92 Å². The molecule has 0 fully saturated rings. The number of carbonyl (C=O) groups excluding carboxylic acids is 1. The lowest BCUT2D eigenvalue weighted by atomic mass is 9.95. The molecule has 2 nitrogen and oxygen atoms in total. The molecule has 1 aliphatic carbocycles. The van der Waals surface area contributed by atoms with Gasteiger partial charge in [-0.05, 0) is 31.4 Å². The van der Waals surface area contributed by atoms with Crippen molar-refractivity contribution in [3.8, 4) is 5.75 Å². The molecular formula is C13H13ClO2. The van der Waals surface area contributed by atoms with E-state index in [4.69, 9.17) is 16.3 Å². The van der Waals surface area contributed by atoms with Crippen molar-refractivity contribution >= 4 is 17.6 Å². The maximum absolute atomic E-state index is 11.8. The molecule has 3 heteroatoms. The first-order valence-corrected chi connectivity index (χ1v) is 5.76. The smallest absolute Gasteiger partial charge is 0.314 e. The van der Waals surface area contributed by atoms with Gasteiger partial charge in [0.1, 0.15) is 5.75 Å². The number of benzene rings is 1. The Hall–Kier alpha value is -1.28. The molecule has 1 aliphatic rings. The van der Waals surface area contributed by atoms with Gasteiger partial charge in [0.25, 0.3) is 0 Å². The van der Waals surface area contributed by atoms with Crippen LogP contribution in [0.25, 0.3) is 0 Å².